The molecule has 6 heteroatoms. The molecule has 94 valence electrons. The van der Waals surface area contributed by atoms with Crippen molar-refractivity contribution in [2.24, 2.45) is 0 Å². The number of hydrogen-bond acceptors (Lipinski definition) is 3. The van der Waals surface area contributed by atoms with Gasteiger partial charge in [-0.15, -0.1) is 0 Å². The van der Waals surface area contributed by atoms with E-state index >= 15 is 0 Å². The monoisotopic (exact) mass is 462 g/mol. The summed E-state index contributed by atoms with van der Waals surface area (Å²) < 4.78 is 1.20. The maximum Gasteiger partial charge on any atom is 0.339 e. The molecule has 0 fully saturated rings. The van der Waals surface area contributed by atoms with Crippen LogP contribution in [0.5, 0.6) is 11.5 Å². The Kier molecular flexibility index (Phi) is 5.29. The Morgan fingerprint density at radius 2 is 1.76 bits per heavy atom. The zero-order valence-electron chi connectivity index (χ0n) is 9.13. The molecule has 1 aromatic carbocycles. The number of aromatic hydroxyl groups is 2. The summed E-state index contributed by atoms with van der Waals surface area (Å²) >= 11 is 3.91. The summed E-state index contributed by atoms with van der Waals surface area (Å²) in [7, 11) is 0. The van der Waals surface area contributed by atoms with Crippen LogP contribution in [-0.4, -0.2) is 21.3 Å². The van der Waals surface area contributed by atoms with Gasteiger partial charge in [0, 0.05) is 3.57 Å². The van der Waals surface area contributed by atoms with Crippen molar-refractivity contribution < 1.29 is 20.1 Å². The van der Waals surface area contributed by atoms with Gasteiger partial charge in [-0.2, -0.15) is 0 Å². The minimum Gasteiger partial charge on any atom is -0.504 e. The van der Waals surface area contributed by atoms with Gasteiger partial charge >= 0.3 is 5.97 Å². The van der Waals surface area contributed by atoms with E-state index in [4.69, 9.17) is 5.11 Å². The Balaban J connectivity index is 3.48. The highest BCUT2D eigenvalue weighted by Crippen LogP contribution is 2.40. The second-order valence-corrected chi connectivity index (χ2v) is 5.74. The highest BCUT2D eigenvalue weighted by molar-refractivity contribution is 14.1. The molecule has 0 heterocycles. The number of aromatic carboxylic acids is 1. The Morgan fingerprint density at radius 3 is 2.24 bits per heavy atom. The Labute approximate surface area is 126 Å². The summed E-state index contributed by atoms with van der Waals surface area (Å²) in [5, 5.41) is 28.5. The number of rotatable bonds is 4. The van der Waals surface area contributed by atoms with Crippen molar-refractivity contribution in [2.75, 3.05) is 0 Å². The highest BCUT2D eigenvalue weighted by Gasteiger charge is 2.24. The summed E-state index contributed by atoms with van der Waals surface area (Å²) in [5.41, 5.74) is 0.417. The van der Waals surface area contributed by atoms with Crippen molar-refractivity contribution in [1.82, 2.24) is 0 Å². The van der Waals surface area contributed by atoms with Crippen molar-refractivity contribution in [1.29, 1.82) is 0 Å². The van der Waals surface area contributed by atoms with Gasteiger partial charge in [-0.1, -0.05) is 13.3 Å². The summed E-state index contributed by atoms with van der Waals surface area (Å²) in [5.74, 6) is -2.10. The van der Waals surface area contributed by atoms with Crippen molar-refractivity contribution in [2.45, 2.75) is 26.2 Å². The Hall–Kier alpha value is -0.250. The number of benzene rings is 1. The minimum absolute atomic E-state index is 0.180. The fourth-order valence-corrected chi connectivity index (χ4v) is 2.91. The van der Waals surface area contributed by atoms with E-state index in [9.17, 15) is 15.0 Å². The standard InChI is InChI=1S/C11H12I2O4/c1-2-3-4-5-6(11(16)17)9(14)10(15)8(13)7(5)12/h14-15H,2-4H2,1H3,(H,16,17). The van der Waals surface area contributed by atoms with Crippen molar-refractivity contribution in [3.63, 3.8) is 0 Å². The molecule has 1 rings (SSSR count). The zero-order chi connectivity index (χ0) is 13.2. The maximum absolute atomic E-state index is 11.1. The van der Waals surface area contributed by atoms with E-state index in [1.54, 1.807) is 0 Å². The molecule has 17 heavy (non-hydrogen) atoms. The molecular weight excluding hydrogens is 450 g/mol. The van der Waals surface area contributed by atoms with Crippen molar-refractivity contribution >= 4 is 51.2 Å². The molecule has 0 radical (unpaired) electrons. The number of carbonyl (C=O) groups is 1. The fraction of sp³-hybridized carbons (Fsp3) is 0.364. The van der Waals surface area contributed by atoms with Crippen LogP contribution in [0.15, 0.2) is 0 Å². The average molecular weight is 462 g/mol. The fourth-order valence-electron chi connectivity index (χ4n) is 1.53. The van der Waals surface area contributed by atoms with Crippen LogP contribution in [0, 0.1) is 7.14 Å². The minimum atomic E-state index is -1.21. The molecule has 0 saturated heterocycles. The topological polar surface area (TPSA) is 77.8 Å². The molecule has 3 N–H and O–H groups in total. The molecule has 0 unspecified atom stereocenters. The third-order valence-electron chi connectivity index (χ3n) is 2.42. The van der Waals surface area contributed by atoms with Gasteiger partial charge in [-0.3, -0.25) is 0 Å². The number of phenols is 2. The van der Waals surface area contributed by atoms with Crippen LogP contribution in [0.2, 0.25) is 0 Å². The smallest absolute Gasteiger partial charge is 0.339 e. The Morgan fingerprint density at radius 1 is 1.18 bits per heavy atom. The Bertz CT molecular complexity index is 458. The van der Waals surface area contributed by atoms with Crippen LogP contribution >= 0.6 is 45.2 Å². The molecule has 0 amide bonds. The van der Waals surface area contributed by atoms with Crippen LogP contribution in [0.3, 0.4) is 0 Å². The predicted octanol–water partition coefficient (Wildman–Crippen LogP) is 3.35. The van der Waals surface area contributed by atoms with E-state index < -0.39 is 11.7 Å². The molecule has 4 nitrogen and oxygen atoms in total. The van der Waals surface area contributed by atoms with E-state index in [0.717, 1.165) is 12.8 Å². The average Bonchev–Trinajstić information content (AvgIpc) is 2.28. The van der Waals surface area contributed by atoms with E-state index in [-0.39, 0.29) is 11.3 Å². The maximum atomic E-state index is 11.1. The molecule has 0 spiro atoms. The lowest BCUT2D eigenvalue weighted by Gasteiger charge is -2.13. The second kappa shape index (κ2) is 6.07. The van der Waals surface area contributed by atoms with Crippen LogP contribution in [-0.2, 0) is 6.42 Å². The number of halogens is 2. The summed E-state index contributed by atoms with van der Waals surface area (Å²) in [6.07, 6.45) is 2.37. The van der Waals surface area contributed by atoms with Crippen LogP contribution < -0.4 is 0 Å². The number of phenolic OH excluding ortho intramolecular Hbond substituents is 1. The van der Waals surface area contributed by atoms with Crippen LogP contribution in [0.25, 0.3) is 0 Å². The first-order valence-corrected chi connectivity index (χ1v) is 7.22. The zero-order valence-corrected chi connectivity index (χ0v) is 13.4. The van der Waals surface area contributed by atoms with Gasteiger partial charge in [-0.25, -0.2) is 4.79 Å². The van der Waals surface area contributed by atoms with Gasteiger partial charge in [0.1, 0.15) is 5.56 Å². The summed E-state index contributed by atoms with van der Waals surface area (Å²) in [4.78, 5) is 11.1. The van der Waals surface area contributed by atoms with Crippen LogP contribution in [0.1, 0.15) is 35.7 Å². The summed E-state index contributed by atoms with van der Waals surface area (Å²) in [6, 6.07) is 0. The lowest BCUT2D eigenvalue weighted by molar-refractivity contribution is 0.0691. The van der Waals surface area contributed by atoms with Gasteiger partial charge in [0.2, 0.25) is 0 Å². The number of hydrogen-bond donors (Lipinski definition) is 3. The third kappa shape index (κ3) is 2.95. The van der Waals surface area contributed by atoms with Crippen molar-refractivity contribution in [3.05, 3.63) is 18.3 Å². The number of carboxylic acid groups (broad SMARTS) is 1. The third-order valence-corrected chi connectivity index (χ3v) is 5.70. The first-order valence-electron chi connectivity index (χ1n) is 5.06. The van der Waals surface area contributed by atoms with Gasteiger partial charge in [0.25, 0.3) is 0 Å². The molecule has 1 aromatic rings. The lowest BCUT2D eigenvalue weighted by atomic mass is 10.0. The molecule has 0 atom stereocenters. The summed E-state index contributed by atoms with van der Waals surface area (Å²) in [6.45, 7) is 2.01. The SMILES string of the molecule is CCCCc1c(I)c(I)c(O)c(O)c1C(=O)O. The first-order chi connectivity index (χ1) is 7.91. The highest BCUT2D eigenvalue weighted by atomic mass is 127. The van der Waals surface area contributed by atoms with E-state index in [1.165, 1.54) is 0 Å². The number of carboxylic acids is 1. The number of unbranched alkanes of at least 4 members (excludes halogenated alkanes) is 1. The largest absolute Gasteiger partial charge is 0.504 e. The molecule has 0 saturated carbocycles. The van der Waals surface area contributed by atoms with Crippen molar-refractivity contribution in [3.8, 4) is 11.5 Å². The molecule has 0 aliphatic heterocycles. The molecule has 0 aromatic heterocycles. The molecule has 0 aliphatic carbocycles. The normalized spacial score (nSPS) is 10.5. The second-order valence-electron chi connectivity index (χ2n) is 3.59. The van der Waals surface area contributed by atoms with Gasteiger partial charge < -0.3 is 15.3 Å². The van der Waals surface area contributed by atoms with Gasteiger partial charge in [0.15, 0.2) is 11.5 Å². The van der Waals surface area contributed by atoms with E-state index in [1.807, 2.05) is 52.1 Å². The molecule has 0 bridgehead atoms. The molecular formula is C11H12I2O4. The van der Waals surface area contributed by atoms with Crippen LogP contribution in [0.4, 0.5) is 0 Å². The lowest BCUT2D eigenvalue weighted by Crippen LogP contribution is -2.07. The first kappa shape index (κ1) is 14.8. The quantitative estimate of drug-likeness (QED) is 0.474. The van der Waals surface area contributed by atoms with Gasteiger partial charge in [-0.05, 0) is 63.6 Å². The van der Waals surface area contributed by atoms with Gasteiger partial charge in [0.05, 0.1) is 3.57 Å². The predicted molar refractivity (Wildman–Crippen MR) is 80.8 cm³/mol. The van der Waals surface area contributed by atoms with E-state index in [0.29, 0.717) is 19.1 Å². The van der Waals surface area contributed by atoms with E-state index in [2.05, 4.69) is 0 Å². The molecule has 0 aliphatic rings.